The van der Waals surface area contributed by atoms with Gasteiger partial charge in [-0.1, -0.05) is 41.9 Å². The molecule has 23 heavy (non-hydrogen) atoms. The van der Waals surface area contributed by atoms with Gasteiger partial charge in [-0.2, -0.15) is 0 Å². The van der Waals surface area contributed by atoms with Crippen LogP contribution in [0, 0.1) is 6.92 Å². The molecule has 3 N–H and O–H groups in total. The first-order valence-electron chi connectivity index (χ1n) is 7.01. The van der Waals surface area contributed by atoms with Crippen molar-refractivity contribution in [2.45, 2.75) is 11.9 Å². The molecule has 1 aromatic carbocycles. The van der Waals surface area contributed by atoms with Crippen LogP contribution in [-0.2, 0) is 0 Å². The van der Waals surface area contributed by atoms with E-state index in [2.05, 4.69) is 14.7 Å². The first-order chi connectivity index (χ1) is 11.1. The van der Waals surface area contributed by atoms with Crippen molar-refractivity contribution in [3.63, 3.8) is 0 Å². The maximum Gasteiger partial charge on any atom is 0.136 e. The predicted molar refractivity (Wildman–Crippen MR) is 97.5 cm³/mol. The number of hydrogen-bond acceptors (Lipinski definition) is 5. The van der Waals surface area contributed by atoms with Gasteiger partial charge in [0, 0.05) is 17.5 Å². The van der Waals surface area contributed by atoms with Gasteiger partial charge < -0.3 is 10.5 Å². The summed E-state index contributed by atoms with van der Waals surface area (Å²) in [7, 11) is 0. The molecule has 3 aromatic rings. The van der Waals surface area contributed by atoms with Crippen LogP contribution in [0.1, 0.15) is 5.56 Å². The summed E-state index contributed by atoms with van der Waals surface area (Å²) in [6, 6.07) is 17.2. The predicted octanol–water partition coefficient (Wildman–Crippen LogP) is 4.81. The molecule has 116 valence electrons. The quantitative estimate of drug-likeness (QED) is 0.666. The number of halogens is 1. The third-order valence-electron chi connectivity index (χ3n) is 3.25. The highest BCUT2D eigenvalue weighted by atomic mass is 35.5. The molecule has 0 aliphatic rings. The number of rotatable bonds is 4. The molecule has 0 saturated carbocycles. The van der Waals surface area contributed by atoms with Crippen molar-refractivity contribution in [1.29, 1.82) is 0 Å². The van der Waals surface area contributed by atoms with Crippen molar-refractivity contribution < 1.29 is 0 Å². The number of hydrogen-bond donors (Lipinski definition) is 2. The number of nitrogens with two attached hydrogens (primary N) is 1. The van der Waals surface area contributed by atoms with E-state index < -0.39 is 0 Å². The fourth-order valence-corrected chi connectivity index (χ4v) is 2.95. The number of pyridine rings is 2. The molecule has 0 atom stereocenters. The van der Waals surface area contributed by atoms with Gasteiger partial charge in [-0.25, -0.2) is 9.97 Å². The zero-order chi connectivity index (χ0) is 16.2. The first-order valence-corrected chi connectivity index (χ1v) is 8.21. The molecule has 2 heterocycles. The summed E-state index contributed by atoms with van der Waals surface area (Å²) in [5, 5.41) is 1.40. The lowest BCUT2D eigenvalue weighted by Gasteiger charge is -2.10. The van der Waals surface area contributed by atoms with E-state index in [1.54, 1.807) is 6.07 Å². The Morgan fingerprint density at radius 1 is 1.00 bits per heavy atom. The zero-order valence-electron chi connectivity index (χ0n) is 12.5. The standard InChI is InChI=1S/C17H15ClN4S/c1-11-5-2-3-6-12(11)17-13(18)9-10-15(21-17)22-23-16-8-4-7-14(19)20-16/h2-10H,1H3,(H2,19,20)(H,21,22). The van der Waals surface area contributed by atoms with Crippen molar-refractivity contribution >= 4 is 35.2 Å². The minimum Gasteiger partial charge on any atom is -0.384 e. The van der Waals surface area contributed by atoms with E-state index in [0.717, 1.165) is 21.8 Å². The van der Waals surface area contributed by atoms with E-state index in [1.807, 2.05) is 55.5 Å². The fraction of sp³-hybridized carbons (Fsp3) is 0.0588. The zero-order valence-corrected chi connectivity index (χ0v) is 14.0. The number of aryl methyl sites for hydroxylation is 1. The molecule has 0 unspecified atom stereocenters. The Balaban J connectivity index is 1.85. The monoisotopic (exact) mass is 342 g/mol. The molecule has 0 aliphatic carbocycles. The van der Waals surface area contributed by atoms with Gasteiger partial charge in [0.05, 0.1) is 10.7 Å². The summed E-state index contributed by atoms with van der Waals surface area (Å²) in [6.45, 7) is 2.04. The van der Waals surface area contributed by atoms with Crippen molar-refractivity contribution in [3.05, 3.63) is 65.2 Å². The van der Waals surface area contributed by atoms with Crippen molar-refractivity contribution in [3.8, 4) is 11.3 Å². The lowest BCUT2D eigenvalue weighted by molar-refractivity contribution is 1.15. The van der Waals surface area contributed by atoms with Crippen LogP contribution in [0.25, 0.3) is 11.3 Å². The van der Waals surface area contributed by atoms with E-state index in [4.69, 9.17) is 17.3 Å². The minimum absolute atomic E-state index is 0.487. The maximum absolute atomic E-state index is 6.31. The van der Waals surface area contributed by atoms with Crippen molar-refractivity contribution in [1.82, 2.24) is 9.97 Å². The second kappa shape index (κ2) is 6.89. The van der Waals surface area contributed by atoms with Crippen LogP contribution in [0.3, 0.4) is 0 Å². The van der Waals surface area contributed by atoms with Crippen LogP contribution in [0.15, 0.2) is 59.6 Å². The lowest BCUT2D eigenvalue weighted by atomic mass is 10.1. The van der Waals surface area contributed by atoms with Gasteiger partial charge in [-0.3, -0.25) is 0 Å². The molecule has 0 aliphatic heterocycles. The highest BCUT2D eigenvalue weighted by Gasteiger charge is 2.09. The molecule has 0 fully saturated rings. The first kappa shape index (κ1) is 15.6. The number of benzene rings is 1. The Morgan fingerprint density at radius 3 is 2.61 bits per heavy atom. The third-order valence-corrected chi connectivity index (χ3v) is 4.30. The van der Waals surface area contributed by atoms with Gasteiger partial charge in [-0.05, 0) is 36.8 Å². The maximum atomic E-state index is 6.31. The SMILES string of the molecule is Cc1ccccc1-c1nc(NSc2cccc(N)n2)ccc1Cl. The summed E-state index contributed by atoms with van der Waals surface area (Å²) in [5.74, 6) is 1.20. The van der Waals surface area contributed by atoms with Crippen molar-refractivity contribution in [2.75, 3.05) is 10.5 Å². The second-order valence-electron chi connectivity index (χ2n) is 4.95. The van der Waals surface area contributed by atoms with Gasteiger partial charge in [-0.15, -0.1) is 0 Å². The number of nitrogen functional groups attached to an aromatic ring is 1. The number of nitrogens with zero attached hydrogens (tertiary/aromatic N) is 2. The summed E-state index contributed by atoms with van der Waals surface area (Å²) < 4.78 is 3.17. The molecule has 3 rings (SSSR count). The van der Waals surface area contributed by atoms with E-state index >= 15 is 0 Å². The van der Waals surface area contributed by atoms with Gasteiger partial charge in [0.25, 0.3) is 0 Å². The molecular weight excluding hydrogens is 328 g/mol. The van der Waals surface area contributed by atoms with E-state index in [0.29, 0.717) is 16.7 Å². The van der Waals surface area contributed by atoms with E-state index in [9.17, 15) is 0 Å². The Bertz CT molecular complexity index is 838. The summed E-state index contributed by atoms with van der Waals surface area (Å²) >= 11 is 7.67. The molecular formula is C17H15ClN4S. The normalized spacial score (nSPS) is 10.5. The second-order valence-corrected chi connectivity index (χ2v) is 6.18. The molecule has 0 bridgehead atoms. The molecule has 2 aromatic heterocycles. The molecule has 0 radical (unpaired) electrons. The van der Waals surface area contributed by atoms with Crippen LogP contribution < -0.4 is 10.5 Å². The van der Waals surface area contributed by atoms with E-state index in [-0.39, 0.29) is 0 Å². The van der Waals surface area contributed by atoms with Gasteiger partial charge in [0.2, 0.25) is 0 Å². The number of nitrogens with one attached hydrogen (secondary N) is 1. The van der Waals surface area contributed by atoms with Crippen LogP contribution in [0.2, 0.25) is 5.02 Å². The Kier molecular flexibility index (Phi) is 4.69. The molecule has 0 spiro atoms. The molecule has 0 saturated heterocycles. The average Bonchev–Trinajstić information content (AvgIpc) is 2.55. The Morgan fingerprint density at radius 2 is 1.83 bits per heavy atom. The summed E-state index contributed by atoms with van der Waals surface area (Å²) in [4.78, 5) is 8.84. The third kappa shape index (κ3) is 3.75. The highest BCUT2D eigenvalue weighted by molar-refractivity contribution is 8.00. The highest BCUT2D eigenvalue weighted by Crippen LogP contribution is 2.30. The van der Waals surface area contributed by atoms with Crippen molar-refractivity contribution in [2.24, 2.45) is 0 Å². The van der Waals surface area contributed by atoms with Crippen LogP contribution >= 0.6 is 23.5 Å². The summed E-state index contributed by atoms with van der Waals surface area (Å²) in [6.07, 6.45) is 0. The summed E-state index contributed by atoms with van der Waals surface area (Å²) in [5.41, 5.74) is 8.59. The molecule has 6 heteroatoms. The van der Waals surface area contributed by atoms with Crippen LogP contribution in [-0.4, -0.2) is 9.97 Å². The van der Waals surface area contributed by atoms with Gasteiger partial charge in [0.1, 0.15) is 16.7 Å². The largest absolute Gasteiger partial charge is 0.384 e. The smallest absolute Gasteiger partial charge is 0.136 e. The Labute approximate surface area is 144 Å². The van der Waals surface area contributed by atoms with Crippen LogP contribution in [0.4, 0.5) is 11.6 Å². The fourth-order valence-electron chi connectivity index (χ4n) is 2.12. The number of anilines is 2. The minimum atomic E-state index is 0.487. The van der Waals surface area contributed by atoms with E-state index in [1.165, 1.54) is 11.9 Å². The van der Waals surface area contributed by atoms with Crippen LogP contribution in [0.5, 0.6) is 0 Å². The topological polar surface area (TPSA) is 63.8 Å². The average molecular weight is 343 g/mol. The number of aromatic nitrogens is 2. The van der Waals surface area contributed by atoms with Gasteiger partial charge in [0.15, 0.2) is 0 Å². The Hall–Kier alpha value is -2.24. The van der Waals surface area contributed by atoms with Gasteiger partial charge >= 0.3 is 0 Å². The molecule has 0 amide bonds. The molecule has 4 nitrogen and oxygen atoms in total. The lowest BCUT2D eigenvalue weighted by Crippen LogP contribution is -1.96.